The lowest BCUT2D eigenvalue weighted by Gasteiger charge is -2.30. The maximum Gasteiger partial charge on any atom is 0.278 e. The molecule has 1 unspecified atom stereocenters. The Balaban J connectivity index is 0.00000205. The molecule has 9 heteroatoms. The first-order chi connectivity index (χ1) is 13.8. The molecule has 1 N–H and O–H groups in total. The van der Waals surface area contributed by atoms with Gasteiger partial charge in [0.15, 0.2) is 11.5 Å². The lowest BCUT2D eigenvalue weighted by molar-refractivity contribution is 0.190. The molecule has 0 amide bonds. The minimum atomic E-state index is 0. The number of hydrogen-bond donors (Lipinski definition) is 1. The zero-order valence-corrected chi connectivity index (χ0v) is 17.5. The van der Waals surface area contributed by atoms with Crippen molar-refractivity contribution in [1.29, 1.82) is 0 Å². The molecular formula is C20H21ClN6OS. The Hall–Kier alpha value is -2.52. The van der Waals surface area contributed by atoms with Crippen molar-refractivity contribution >= 4 is 23.7 Å². The molecule has 4 aromatic rings. The van der Waals surface area contributed by atoms with Crippen LogP contribution in [-0.4, -0.2) is 51.5 Å². The molecule has 0 saturated carbocycles. The highest BCUT2D eigenvalue weighted by Crippen LogP contribution is 2.31. The first-order valence-corrected chi connectivity index (χ1v) is 10.1. The third-order valence-corrected chi connectivity index (χ3v) is 5.85. The molecule has 1 saturated heterocycles. The molecule has 4 heterocycles. The van der Waals surface area contributed by atoms with Crippen LogP contribution in [0.15, 0.2) is 58.4 Å². The molecule has 1 fully saturated rings. The van der Waals surface area contributed by atoms with Crippen LogP contribution in [-0.2, 0) is 0 Å². The van der Waals surface area contributed by atoms with Crippen LogP contribution in [0.1, 0.15) is 11.9 Å². The van der Waals surface area contributed by atoms with Crippen molar-refractivity contribution in [3.63, 3.8) is 0 Å². The van der Waals surface area contributed by atoms with Gasteiger partial charge in [-0.1, -0.05) is 29.4 Å². The van der Waals surface area contributed by atoms with E-state index in [4.69, 9.17) is 9.62 Å². The van der Waals surface area contributed by atoms with E-state index >= 15 is 0 Å². The maximum absolute atomic E-state index is 5.59. The third-order valence-electron chi connectivity index (χ3n) is 4.95. The summed E-state index contributed by atoms with van der Waals surface area (Å²) < 4.78 is 7.52. The maximum atomic E-state index is 5.59. The number of para-hydroxylation sites is 1. The molecular weight excluding hydrogens is 408 g/mol. The number of piperazine rings is 1. The van der Waals surface area contributed by atoms with Crippen molar-refractivity contribution in [3.8, 4) is 27.8 Å². The molecule has 7 nitrogen and oxygen atoms in total. The van der Waals surface area contributed by atoms with Gasteiger partial charge in [-0.05, 0) is 36.7 Å². The first kappa shape index (κ1) is 19.8. The summed E-state index contributed by atoms with van der Waals surface area (Å²) in [6, 6.07) is 16.3. The summed E-state index contributed by atoms with van der Waals surface area (Å²) in [7, 11) is 2.08. The highest BCUT2D eigenvalue weighted by Gasteiger charge is 2.26. The molecule has 1 aromatic carbocycles. The highest BCUT2D eigenvalue weighted by molar-refractivity contribution is 7.13. The van der Waals surface area contributed by atoms with Gasteiger partial charge in [0.2, 0.25) is 0 Å². The molecule has 5 rings (SSSR count). The van der Waals surface area contributed by atoms with Gasteiger partial charge in [-0.2, -0.15) is 10.1 Å². The van der Waals surface area contributed by atoms with Gasteiger partial charge >= 0.3 is 0 Å². The standard InChI is InChI=1S/C20H20N6OS.ClH/c1-25-10-9-21-13-17(25)19-22-20(27-24-19)15-12-16(18-8-5-11-28-18)26(23-15)14-6-3-2-4-7-14;/h2-8,11-12,17,21H,9-10,13H2,1H3;1H. The fourth-order valence-electron chi connectivity index (χ4n) is 3.42. The molecule has 1 aliphatic rings. The summed E-state index contributed by atoms with van der Waals surface area (Å²) in [4.78, 5) is 8.03. The van der Waals surface area contributed by atoms with E-state index in [1.165, 1.54) is 0 Å². The molecule has 0 bridgehead atoms. The van der Waals surface area contributed by atoms with Crippen molar-refractivity contribution < 1.29 is 4.52 Å². The monoisotopic (exact) mass is 428 g/mol. The Morgan fingerprint density at radius 2 is 2.03 bits per heavy atom. The number of benzene rings is 1. The number of hydrogen-bond acceptors (Lipinski definition) is 7. The van der Waals surface area contributed by atoms with Gasteiger partial charge in [0.05, 0.1) is 22.3 Å². The molecule has 150 valence electrons. The van der Waals surface area contributed by atoms with Crippen molar-refractivity contribution in [2.24, 2.45) is 0 Å². The Kier molecular flexibility index (Phi) is 5.77. The average Bonchev–Trinajstić information content (AvgIpc) is 3.48. The summed E-state index contributed by atoms with van der Waals surface area (Å²) in [6.07, 6.45) is 0. The van der Waals surface area contributed by atoms with E-state index in [1.54, 1.807) is 11.3 Å². The summed E-state index contributed by atoms with van der Waals surface area (Å²) >= 11 is 1.68. The summed E-state index contributed by atoms with van der Waals surface area (Å²) in [5.41, 5.74) is 2.68. The number of nitrogens with zero attached hydrogens (tertiary/aromatic N) is 5. The van der Waals surface area contributed by atoms with Crippen LogP contribution in [0.2, 0.25) is 0 Å². The van der Waals surface area contributed by atoms with Crippen molar-refractivity contribution in [3.05, 3.63) is 59.7 Å². The SMILES string of the molecule is CN1CCNCC1c1noc(-c2cc(-c3cccs3)n(-c3ccccc3)n2)n1.Cl. The van der Waals surface area contributed by atoms with Crippen molar-refractivity contribution in [1.82, 2.24) is 30.1 Å². The highest BCUT2D eigenvalue weighted by atomic mass is 35.5. The molecule has 1 atom stereocenters. The molecule has 0 spiro atoms. The fraction of sp³-hybridized carbons (Fsp3) is 0.250. The largest absolute Gasteiger partial charge is 0.332 e. The van der Waals surface area contributed by atoms with E-state index in [0.717, 1.165) is 35.9 Å². The second-order valence-electron chi connectivity index (χ2n) is 6.80. The van der Waals surface area contributed by atoms with Crippen LogP contribution in [0.3, 0.4) is 0 Å². The molecule has 0 radical (unpaired) electrons. The van der Waals surface area contributed by atoms with E-state index < -0.39 is 0 Å². The van der Waals surface area contributed by atoms with E-state index in [2.05, 4.69) is 38.9 Å². The van der Waals surface area contributed by atoms with Gasteiger partial charge in [-0.25, -0.2) is 4.68 Å². The molecule has 0 aliphatic carbocycles. The number of thiophene rings is 1. The van der Waals surface area contributed by atoms with Crippen LogP contribution >= 0.6 is 23.7 Å². The van der Waals surface area contributed by atoms with Crippen LogP contribution < -0.4 is 5.32 Å². The molecule has 29 heavy (non-hydrogen) atoms. The first-order valence-electron chi connectivity index (χ1n) is 9.24. The topological polar surface area (TPSA) is 72.0 Å². The Morgan fingerprint density at radius 3 is 2.79 bits per heavy atom. The zero-order chi connectivity index (χ0) is 18.9. The molecule has 1 aliphatic heterocycles. The molecule has 3 aromatic heterocycles. The minimum Gasteiger partial charge on any atom is -0.332 e. The normalized spacial score (nSPS) is 17.2. The lowest BCUT2D eigenvalue weighted by atomic mass is 10.2. The van der Waals surface area contributed by atoms with E-state index in [1.807, 2.05) is 47.1 Å². The summed E-state index contributed by atoms with van der Waals surface area (Å²) in [5, 5.41) is 14.5. The number of nitrogens with one attached hydrogen (secondary N) is 1. The van der Waals surface area contributed by atoms with Crippen LogP contribution in [0, 0.1) is 0 Å². The third kappa shape index (κ3) is 3.84. The number of halogens is 1. The van der Waals surface area contributed by atoms with Crippen molar-refractivity contribution in [2.45, 2.75) is 6.04 Å². The second-order valence-corrected chi connectivity index (χ2v) is 7.75. The van der Waals surface area contributed by atoms with Gasteiger partial charge in [-0.15, -0.1) is 23.7 Å². The Morgan fingerprint density at radius 1 is 1.17 bits per heavy atom. The zero-order valence-electron chi connectivity index (χ0n) is 15.9. The predicted octanol–water partition coefficient (Wildman–Crippen LogP) is 3.65. The van der Waals surface area contributed by atoms with Crippen LogP contribution in [0.4, 0.5) is 0 Å². The number of rotatable bonds is 4. The van der Waals surface area contributed by atoms with Crippen LogP contribution in [0.5, 0.6) is 0 Å². The van der Waals surface area contributed by atoms with E-state index in [-0.39, 0.29) is 18.4 Å². The summed E-state index contributed by atoms with van der Waals surface area (Å²) in [6.45, 7) is 2.75. The fourth-order valence-corrected chi connectivity index (χ4v) is 4.15. The number of likely N-dealkylation sites (N-methyl/N-ethyl adjacent to an activating group) is 1. The van der Waals surface area contributed by atoms with Gasteiger partial charge in [0, 0.05) is 19.6 Å². The number of aromatic nitrogens is 4. The van der Waals surface area contributed by atoms with Crippen LogP contribution in [0.25, 0.3) is 27.8 Å². The average molecular weight is 429 g/mol. The van der Waals surface area contributed by atoms with Crippen molar-refractivity contribution in [2.75, 3.05) is 26.7 Å². The van der Waals surface area contributed by atoms with Gasteiger partial charge in [0.1, 0.15) is 0 Å². The minimum absolute atomic E-state index is 0. The van der Waals surface area contributed by atoms with Gasteiger partial charge in [0.25, 0.3) is 5.89 Å². The lowest BCUT2D eigenvalue weighted by Crippen LogP contribution is -2.44. The van der Waals surface area contributed by atoms with E-state index in [0.29, 0.717) is 17.4 Å². The Labute approximate surface area is 178 Å². The summed E-state index contributed by atoms with van der Waals surface area (Å²) in [5.74, 6) is 1.14. The quantitative estimate of drug-likeness (QED) is 0.535. The Bertz CT molecular complexity index is 1060. The van der Waals surface area contributed by atoms with E-state index in [9.17, 15) is 0 Å². The second kappa shape index (κ2) is 8.46. The van der Waals surface area contributed by atoms with Gasteiger partial charge in [-0.3, -0.25) is 4.90 Å². The predicted molar refractivity (Wildman–Crippen MR) is 116 cm³/mol. The van der Waals surface area contributed by atoms with Gasteiger partial charge < -0.3 is 9.84 Å². The smallest absolute Gasteiger partial charge is 0.278 e.